The second-order valence-corrected chi connectivity index (χ2v) is 8.51. The van der Waals surface area contributed by atoms with Gasteiger partial charge in [-0.3, -0.25) is 4.79 Å². The van der Waals surface area contributed by atoms with E-state index in [9.17, 15) is 4.79 Å². The monoisotopic (exact) mass is 408 g/mol. The van der Waals surface area contributed by atoms with Crippen LogP contribution < -0.4 is 5.32 Å². The van der Waals surface area contributed by atoms with E-state index in [1.807, 2.05) is 54.9 Å². The van der Waals surface area contributed by atoms with Gasteiger partial charge in [0.05, 0.1) is 11.3 Å². The first-order chi connectivity index (χ1) is 14.0. The molecule has 0 saturated heterocycles. The SMILES string of the molecule is CCCC(NC(=O)C(C)Sc1nnc(-c2ccccc2C)n1C)c1ccccc1. The van der Waals surface area contributed by atoms with Crippen LogP contribution in [-0.2, 0) is 11.8 Å². The van der Waals surface area contributed by atoms with Crippen molar-refractivity contribution in [3.63, 3.8) is 0 Å². The summed E-state index contributed by atoms with van der Waals surface area (Å²) in [6.07, 6.45) is 1.92. The second kappa shape index (κ2) is 9.74. The van der Waals surface area contributed by atoms with Gasteiger partial charge in [-0.05, 0) is 31.4 Å². The first kappa shape index (κ1) is 21.1. The van der Waals surface area contributed by atoms with Crippen molar-refractivity contribution in [1.82, 2.24) is 20.1 Å². The van der Waals surface area contributed by atoms with Crippen molar-refractivity contribution >= 4 is 17.7 Å². The van der Waals surface area contributed by atoms with E-state index in [1.54, 1.807) is 0 Å². The molecule has 29 heavy (non-hydrogen) atoms. The third kappa shape index (κ3) is 5.07. The maximum atomic E-state index is 12.9. The zero-order valence-electron chi connectivity index (χ0n) is 17.4. The number of thioether (sulfide) groups is 1. The minimum atomic E-state index is -0.273. The Kier molecular flexibility index (Phi) is 7.09. The molecule has 2 aromatic carbocycles. The third-order valence-electron chi connectivity index (χ3n) is 4.97. The van der Waals surface area contributed by atoms with Gasteiger partial charge in [0.2, 0.25) is 5.91 Å². The fourth-order valence-electron chi connectivity index (χ4n) is 3.27. The van der Waals surface area contributed by atoms with E-state index in [-0.39, 0.29) is 17.2 Å². The molecule has 0 fully saturated rings. The summed E-state index contributed by atoms with van der Waals surface area (Å²) < 4.78 is 1.96. The summed E-state index contributed by atoms with van der Waals surface area (Å²) in [5.41, 5.74) is 3.34. The molecule has 2 unspecified atom stereocenters. The fraction of sp³-hybridized carbons (Fsp3) is 0.348. The number of hydrogen-bond acceptors (Lipinski definition) is 4. The number of aryl methyl sites for hydroxylation is 1. The second-order valence-electron chi connectivity index (χ2n) is 7.20. The van der Waals surface area contributed by atoms with E-state index in [4.69, 9.17) is 0 Å². The van der Waals surface area contributed by atoms with Crippen LogP contribution in [0.4, 0.5) is 0 Å². The predicted molar refractivity (Wildman–Crippen MR) is 119 cm³/mol. The van der Waals surface area contributed by atoms with Gasteiger partial charge < -0.3 is 9.88 Å². The molecular weight excluding hydrogens is 380 g/mol. The lowest BCUT2D eigenvalue weighted by molar-refractivity contribution is -0.121. The van der Waals surface area contributed by atoms with Crippen molar-refractivity contribution < 1.29 is 4.79 Å². The topological polar surface area (TPSA) is 59.8 Å². The van der Waals surface area contributed by atoms with Crippen LogP contribution in [0, 0.1) is 6.92 Å². The van der Waals surface area contributed by atoms with E-state index < -0.39 is 0 Å². The molecule has 0 saturated carbocycles. The summed E-state index contributed by atoms with van der Waals surface area (Å²) in [6.45, 7) is 6.10. The van der Waals surface area contributed by atoms with Gasteiger partial charge in [0.25, 0.3) is 0 Å². The number of carbonyl (C=O) groups excluding carboxylic acids is 1. The van der Waals surface area contributed by atoms with Crippen LogP contribution >= 0.6 is 11.8 Å². The Labute approximate surface area is 176 Å². The molecule has 6 heteroatoms. The first-order valence-electron chi connectivity index (χ1n) is 9.98. The number of benzene rings is 2. The standard InChI is InChI=1S/C23H28N4OS/c1-5-11-20(18-13-7-6-8-14-18)24-22(28)17(3)29-23-26-25-21(27(23)4)19-15-10-9-12-16(19)2/h6-10,12-15,17,20H,5,11H2,1-4H3,(H,24,28). The smallest absolute Gasteiger partial charge is 0.233 e. The van der Waals surface area contributed by atoms with Gasteiger partial charge in [-0.15, -0.1) is 10.2 Å². The van der Waals surface area contributed by atoms with Gasteiger partial charge in [0.1, 0.15) is 0 Å². The number of rotatable bonds is 8. The Morgan fingerprint density at radius 1 is 1.10 bits per heavy atom. The molecule has 0 spiro atoms. The van der Waals surface area contributed by atoms with E-state index >= 15 is 0 Å². The number of nitrogens with zero attached hydrogens (tertiary/aromatic N) is 3. The first-order valence-corrected chi connectivity index (χ1v) is 10.9. The zero-order valence-corrected chi connectivity index (χ0v) is 18.2. The van der Waals surface area contributed by atoms with E-state index in [0.29, 0.717) is 0 Å². The predicted octanol–water partition coefficient (Wildman–Crippen LogP) is 4.93. The van der Waals surface area contributed by atoms with Gasteiger partial charge in [0, 0.05) is 12.6 Å². The molecule has 0 aliphatic carbocycles. The van der Waals surface area contributed by atoms with Crippen molar-refractivity contribution in [1.29, 1.82) is 0 Å². The number of hydrogen-bond donors (Lipinski definition) is 1. The van der Waals surface area contributed by atoms with Crippen LogP contribution in [0.3, 0.4) is 0 Å². The highest BCUT2D eigenvalue weighted by Gasteiger charge is 2.22. The van der Waals surface area contributed by atoms with E-state index in [1.165, 1.54) is 11.8 Å². The molecule has 1 aromatic heterocycles. The lowest BCUT2D eigenvalue weighted by atomic mass is 10.0. The normalized spacial score (nSPS) is 13.1. The van der Waals surface area contributed by atoms with E-state index in [0.717, 1.165) is 40.5 Å². The van der Waals surface area contributed by atoms with E-state index in [2.05, 4.69) is 47.6 Å². The van der Waals surface area contributed by atoms with Crippen molar-refractivity contribution in [3.05, 3.63) is 65.7 Å². The summed E-state index contributed by atoms with van der Waals surface area (Å²) in [5, 5.41) is 12.3. The molecule has 2 atom stereocenters. The average molecular weight is 409 g/mol. The maximum Gasteiger partial charge on any atom is 0.233 e. The maximum absolute atomic E-state index is 12.9. The lowest BCUT2D eigenvalue weighted by Crippen LogP contribution is -2.34. The molecule has 1 N–H and O–H groups in total. The Bertz CT molecular complexity index is 955. The van der Waals surface area contributed by atoms with Crippen molar-refractivity contribution in [2.45, 2.75) is 50.1 Å². The largest absolute Gasteiger partial charge is 0.348 e. The molecule has 152 valence electrons. The fourth-order valence-corrected chi connectivity index (χ4v) is 4.10. The van der Waals surface area contributed by atoms with Crippen molar-refractivity contribution in [2.75, 3.05) is 0 Å². The molecule has 0 aliphatic heterocycles. The lowest BCUT2D eigenvalue weighted by Gasteiger charge is -2.21. The molecule has 3 aromatic rings. The highest BCUT2D eigenvalue weighted by molar-refractivity contribution is 8.00. The summed E-state index contributed by atoms with van der Waals surface area (Å²) in [5.74, 6) is 0.823. The van der Waals surface area contributed by atoms with Crippen LogP contribution in [0.2, 0.25) is 0 Å². The molecule has 0 radical (unpaired) electrons. The van der Waals surface area contributed by atoms with Crippen LogP contribution in [0.15, 0.2) is 59.8 Å². The minimum Gasteiger partial charge on any atom is -0.348 e. The highest BCUT2D eigenvalue weighted by atomic mass is 32.2. The number of nitrogens with one attached hydrogen (secondary N) is 1. The van der Waals surface area contributed by atoms with Crippen molar-refractivity contribution in [2.24, 2.45) is 7.05 Å². The van der Waals surface area contributed by atoms with Crippen LogP contribution in [0.5, 0.6) is 0 Å². The molecule has 5 nitrogen and oxygen atoms in total. The average Bonchev–Trinajstić information content (AvgIpc) is 3.08. The summed E-state index contributed by atoms with van der Waals surface area (Å²) in [4.78, 5) is 12.9. The van der Waals surface area contributed by atoms with Gasteiger partial charge in [0.15, 0.2) is 11.0 Å². The molecule has 1 amide bonds. The summed E-state index contributed by atoms with van der Waals surface area (Å²) >= 11 is 1.43. The minimum absolute atomic E-state index is 0.0118. The molecule has 3 rings (SSSR count). The zero-order chi connectivity index (χ0) is 20.8. The highest BCUT2D eigenvalue weighted by Crippen LogP contribution is 2.28. The summed E-state index contributed by atoms with van der Waals surface area (Å²) in [7, 11) is 1.94. The Morgan fingerprint density at radius 2 is 1.79 bits per heavy atom. The van der Waals surface area contributed by atoms with Gasteiger partial charge in [-0.25, -0.2) is 0 Å². The number of amides is 1. The van der Waals surface area contributed by atoms with Crippen molar-refractivity contribution in [3.8, 4) is 11.4 Å². The van der Waals surface area contributed by atoms with Crippen LogP contribution in [0.25, 0.3) is 11.4 Å². The van der Waals surface area contributed by atoms with Gasteiger partial charge in [-0.2, -0.15) is 0 Å². The van der Waals surface area contributed by atoms with Crippen LogP contribution in [0.1, 0.15) is 43.9 Å². The quantitative estimate of drug-likeness (QED) is 0.537. The van der Waals surface area contributed by atoms with Crippen LogP contribution in [-0.4, -0.2) is 25.9 Å². The van der Waals surface area contributed by atoms with Gasteiger partial charge >= 0.3 is 0 Å². The number of aromatic nitrogens is 3. The molecule has 0 bridgehead atoms. The Balaban J connectivity index is 1.70. The number of carbonyl (C=O) groups is 1. The Hall–Kier alpha value is -2.60. The van der Waals surface area contributed by atoms with Gasteiger partial charge in [-0.1, -0.05) is 79.7 Å². The third-order valence-corrected chi connectivity index (χ3v) is 6.10. The molecule has 1 heterocycles. The molecule has 0 aliphatic rings. The summed E-state index contributed by atoms with van der Waals surface area (Å²) in [6, 6.07) is 18.3. The molecular formula is C23H28N4OS. The Morgan fingerprint density at radius 3 is 2.48 bits per heavy atom.